The van der Waals surface area contributed by atoms with Crippen molar-refractivity contribution in [1.29, 1.82) is 0 Å². The van der Waals surface area contributed by atoms with Crippen LogP contribution in [0.5, 0.6) is 0 Å². The summed E-state index contributed by atoms with van der Waals surface area (Å²) >= 11 is 0. The molecule has 2 atom stereocenters. The first kappa shape index (κ1) is 11.4. The molecule has 0 saturated heterocycles. The Hall–Kier alpha value is -0.0400. The molecular weight excluding hydrogens is 184 g/mol. The highest BCUT2D eigenvalue weighted by atomic mass is 16.5. The van der Waals surface area contributed by atoms with Gasteiger partial charge < -0.3 is 4.74 Å². The Morgan fingerprint density at radius 2 is 1.87 bits per heavy atom. The number of ether oxygens (including phenoxy) is 1. The predicted octanol–water partition coefficient (Wildman–Crippen LogP) is 4.30. The quantitative estimate of drug-likeness (QED) is 0.674. The standard InChI is InChI=1S/C14H26O/c1-3-12-7-6-8-13(11-12)15-14(2)9-4-5-10-14/h12-13H,3-11H2,1-2H3. The molecule has 2 fully saturated rings. The summed E-state index contributed by atoms with van der Waals surface area (Å²) < 4.78 is 6.37. The molecule has 0 aliphatic heterocycles. The molecule has 1 nitrogen and oxygen atoms in total. The average molecular weight is 210 g/mol. The van der Waals surface area contributed by atoms with Crippen molar-refractivity contribution in [3.8, 4) is 0 Å². The molecule has 0 bridgehead atoms. The summed E-state index contributed by atoms with van der Waals surface area (Å²) in [6, 6.07) is 0. The third-order valence-corrected chi connectivity index (χ3v) is 4.42. The van der Waals surface area contributed by atoms with Crippen LogP contribution in [0, 0.1) is 5.92 Å². The predicted molar refractivity (Wildman–Crippen MR) is 64.0 cm³/mol. The van der Waals surface area contributed by atoms with Crippen LogP contribution in [0.2, 0.25) is 0 Å². The lowest BCUT2D eigenvalue weighted by atomic mass is 9.85. The van der Waals surface area contributed by atoms with E-state index >= 15 is 0 Å². The van der Waals surface area contributed by atoms with Crippen LogP contribution in [-0.4, -0.2) is 11.7 Å². The smallest absolute Gasteiger partial charge is 0.0658 e. The van der Waals surface area contributed by atoms with Crippen LogP contribution in [0.4, 0.5) is 0 Å². The van der Waals surface area contributed by atoms with E-state index in [4.69, 9.17) is 4.74 Å². The van der Waals surface area contributed by atoms with Crippen LogP contribution in [0.15, 0.2) is 0 Å². The zero-order valence-corrected chi connectivity index (χ0v) is 10.4. The van der Waals surface area contributed by atoms with Gasteiger partial charge >= 0.3 is 0 Å². The molecule has 2 aliphatic carbocycles. The van der Waals surface area contributed by atoms with Gasteiger partial charge in [0.15, 0.2) is 0 Å². The first-order chi connectivity index (χ1) is 7.22. The van der Waals surface area contributed by atoms with Gasteiger partial charge in [-0.15, -0.1) is 0 Å². The normalized spacial score (nSPS) is 35.6. The van der Waals surface area contributed by atoms with E-state index in [9.17, 15) is 0 Å². The van der Waals surface area contributed by atoms with E-state index in [0.29, 0.717) is 6.10 Å². The van der Waals surface area contributed by atoms with Crippen molar-refractivity contribution in [2.45, 2.75) is 83.3 Å². The zero-order valence-electron chi connectivity index (χ0n) is 10.4. The number of rotatable bonds is 3. The van der Waals surface area contributed by atoms with Crippen LogP contribution in [0.3, 0.4) is 0 Å². The van der Waals surface area contributed by atoms with Gasteiger partial charge in [-0.25, -0.2) is 0 Å². The molecule has 0 amide bonds. The molecule has 0 aromatic rings. The number of hydrogen-bond donors (Lipinski definition) is 0. The molecule has 2 saturated carbocycles. The van der Waals surface area contributed by atoms with E-state index < -0.39 is 0 Å². The fourth-order valence-electron chi connectivity index (χ4n) is 3.36. The van der Waals surface area contributed by atoms with Crippen LogP contribution in [-0.2, 0) is 4.74 Å². The van der Waals surface area contributed by atoms with E-state index in [1.54, 1.807) is 0 Å². The van der Waals surface area contributed by atoms with Crippen LogP contribution < -0.4 is 0 Å². The average Bonchev–Trinajstić information content (AvgIpc) is 2.65. The molecular formula is C14H26O. The van der Waals surface area contributed by atoms with Crippen molar-refractivity contribution >= 4 is 0 Å². The Bertz CT molecular complexity index is 194. The van der Waals surface area contributed by atoms with Gasteiger partial charge in [0, 0.05) is 0 Å². The molecule has 0 heterocycles. The lowest BCUT2D eigenvalue weighted by Gasteiger charge is -2.35. The van der Waals surface area contributed by atoms with Crippen molar-refractivity contribution in [2.75, 3.05) is 0 Å². The first-order valence-electron chi connectivity index (χ1n) is 6.90. The van der Waals surface area contributed by atoms with E-state index in [1.165, 1.54) is 57.8 Å². The second kappa shape index (κ2) is 4.86. The van der Waals surface area contributed by atoms with Crippen LogP contribution in [0.25, 0.3) is 0 Å². The second-order valence-electron chi connectivity index (χ2n) is 5.84. The summed E-state index contributed by atoms with van der Waals surface area (Å²) in [5.74, 6) is 0.939. The maximum absolute atomic E-state index is 6.37. The lowest BCUT2D eigenvalue weighted by Crippen LogP contribution is -2.33. The largest absolute Gasteiger partial charge is 0.372 e. The highest BCUT2D eigenvalue weighted by Crippen LogP contribution is 2.37. The highest BCUT2D eigenvalue weighted by molar-refractivity contribution is 4.84. The molecule has 2 aliphatic rings. The fourth-order valence-corrected chi connectivity index (χ4v) is 3.36. The zero-order chi connectivity index (χ0) is 10.7. The minimum absolute atomic E-state index is 0.236. The van der Waals surface area contributed by atoms with Crippen molar-refractivity contribution in [2.24, 2.45) is 5.92 Å². The third kappa shape index (κ3) is 2.96. The first-order valence-corrected chi connectivity index (χ1v) is 6.90. The summed E-state index contributed by atoms with van der Waals surface area (Å²) in [6.07, 6.45) is 12.7. The molecule has 2 unspecified atom stereocenters. The molecule has 0 spiro atoms. The van der Waals surface area contributed by atoms with Gasteiger partial charge in [-0.05, 0) is 38.5 Å². The topological polar surface area (TPSA) is 9.23 Å². The minimum atomic E-state index is 0.236. The maximum atomic E-state index is 6.37. The molecule has 15 heavy (non-hydrogen) atoms. The van der Waals surface area contributed by atoms with Gasteiger partial charge in [-0.2, -0.15) is 0 Å². The van der Waals surface area contributed by atoms with Gasteiger partial charge in [-0.1, -0.05) is 39.0 Å². The molecule has 0 aromatic carbocycles. The molecule has 88 valence electrons. The number of hydrogen-bond acceptors (Lipinski definition) is 1. The summed E-state index contributed by atoms with van der Waals surface area (Å²) in [6.45, 7) is 4.65. The van der Waals surface area contributed by atoms with Crippen LogP contribution in [0.1, 0.15) is 71.6 Å². The Morgan fingerprint density at radius 3 is 2.53 bits per heavy atom. The van der Waals surface area contributed by atoms with E-state index in [1.807, 2.05) is 0 Å². The van der Waals surface area contributed by atoms with Gasteiger partial charge in [0.2, 0.25) is 0 Å². The SMILES string of the molecule is CCC1CCCC(OC2(C)CCCC2)C1. The van der Waals surface area contributed by atoms with Crippen molar-refractivity contribution < 1.29 is 4.74 Å². The molecule has 0 N–H and O–H groups in total. The molecule has 1 heteroatoms. The fraction of sp³-hybridized carbons (Fsp3) is 1.00. The Balaban J connectivity index is 1.83. The van der Waals surface area contributed by atoms with Gasteiger partial charge in [0.1, 0.15) is 0 Å². The summed E-state index contributed by atoms with van der Waals surface area (Å²) in [7, 11) is 0. The van der Waals surface area contributed by atoms with Gasteiger partial charge in [0.05, 0.1) is 11.7 Å². The highest BCUT2D eigenvalue weighted by Gasteiger charge is 2.33. The Morgan fingerprint density at radius 1 is 1.13 bits per heavy atom. The molecule has 0 aromatic heterocycles. The Labute approximate surface area is 94.6 Å². The minimum Gasteiger partial charge on any atom is -0.372 e. The lowest BCUT2D eigenvalue weighted by molar-refractivity contribution is -0.0980. The van der Waals surface area contributed by atoms with E-state index in [0.717, 1.165) is 5.92 Å². The Kier molecular flexibility index (Phi) is 3.71. The molecule has 2 rings (SSSR count). The van der Waals surface area contributed by atoms with Crippen LogP contribution >= 0.6 is 0 Å². The van der Waals surface area contributed by atoms with E-state index in [2.05, 4.69) is 13.8 Å². The van der Waals surface area contributed by atoms with Gasteiger partial charge in [-0.3, -0.25) is 0 Å². The van der Waals surface area contributed by atoms with E-state index in [-0.39, 0.29) is 5.60 Å². The molecule has 0 radical (unpaired) electrons. The van der Waals surface area contributed by atoms with Gasteiger partial charge in [0.25, 0.3) is 0 Å². The maximum Gasteiger partial charge on any atom is 0.0658 e. The summed E-state index contributed by atoms with van der Waals surface area (Å²) in [5.41, 5.74) is 0.236. The van der Waals surface area contributed by atoms with Crippen molar-refractivity contribution in [1.82, 2.24) is 0 Å². The monoisotopic (exact) mass is 210 g/mol. The van der Waals surface area contributed by atoms with Crippen molar-refractivity contribution in [3.63, 3.8) is 0 Å². The summed E-state index contributed by atoms with van der Waals surface area (Å²) in [5, 5.41) is 0. The summed E-state index contributed by atoms with van der Waals surface area (Å²) in [4.78, 5) is 0. The second-order valence-corrected chi connectivity index (χ2v) is 5.84. The third-order valence-electron chi connectivity index (χ3n) is 4.42. The van der Waals surface area contributed by atoms with Crippen molar-refractivity contribution in [3.05, 3.63) is 0 Å².